The zero-order valence-corrected chi connectivity index (χ0v) is 13.3. The van der Waals surface area contributed by atoms with Gasteiger partial charge in [0.1, 0.15) is 5.75 Å². The van der Waals surface area contributed by atoms with Crippen molar-refractivity contribution >= 4 is 5.91 Å². The maximum atomic E-state index is 12.8. The molecule has 0 radical (unpaired) electrons. The van der Waals surface area contributed by atoms with Gasteiger partial charge in [-0.15, -0.1) is 0 Å². The average molecular weight is 303 g/mol. The number of piperidine rings is 1. The standard InChI is InChI=1S/C18H25NO3/c1-2-18(13-20)8-4-9-19(12-18)17(21)15-6-7-16-14(11-15)5-3-10-22-16/h6-7,11,20H,2-5,8-10,12-13H2,1H3. The molecule has 2 heterocycles. The highest BCUT2D eigenvalue weighted by atomic mass is 16.5. The SMILES string of the molecule is CCC1(CO)CCCN(C(=O)c2ccc3c(c2)CCCO3)C1. The van der Waals surface area contributed by atoms with Crippen LogP contribution < -0.4 is 4.74 Å². The molecule has 1 aromatic rings. The highest BCUT2D eigenvalue weighted by Crippen LogP contribution is 2.34. The highest BCUT2D eigenvalue weighted by molar-refractivity contribution is 5.94. The van der Waals surface area contributed by atoms with E-state index >= 15 is 0 Å². The Morgan fingerprint density at radius 1 is 1.41 bits per heavy atom. The van der Waals surface area contributed by atoms with Crippen LogP contribution in [-0.2, 0) is 6.42 Å². The van der Waals surface area contributed by atoms with E-state index in [1.54, 1.807) is 0 Å². The van der Waals surface area contributed by atoms with E-state index in [0.717, 1.165) is 62.1 Å². The van der Waals surface area contributed by atoms with Crippen LogP contribution in [0, 0.1) is 5.41 Å². The predicted molar refractivity (Wildman–Crippen MR) is 85.2 cm³/mol. The maximum Gasteiger partial charge on any atom is 0.253 e. The summed E-state index contributed by atoms with van der Waals surface area (Å²) >= 11 is 0. The number of aliphatic hydroxyl groups excluding tert-OH is 1. The minimum atomic E-state index is -0.120. The molecule has 1 fully saturated rings. The number of fused-ring (bicyclic) bond motifs is 1. The van der Waals surface area contributed by atoms with Crippen LogP contribution in [0.2, 0.25) is 0 Å². The second-order valence-corrected chi connectivity index (χ2v) is 6.62. The number of carbonyl (C=O) groups is 1. The van der Waals surface area contributed by atoms with Gasteiger partial charge in [0, 0.05) is 24.1 Å². The molecule has 0 bridgehead atoms. The number of amides is 1. The number of hydrogen-bond acceptors (Lipinski definition) is 3. The van der Waals surface area contributed by atoms with E-state index < -0.39 is 0 Å². The van der Waals surface area contributed by atoms with Gasteiger partial charge in [-0.25, -0.2) is 0 Å². The van der Waals surface area contributed by atoms with E-state index in [-0.39, 0.29) is 17.9 Å². The molecular weight excluding hydrogens is 278 g/mol. The number of likely N-dealkylation sites (tertiary alicyclic amines) is 1. The Morgan fingerprint density at radius 3 is 3.05 bits per heavy atom. The van der Waals surface area contributed by atoms with E-state index in [2.05, 4.69) is 6.92 Å². The van der Waals surface area contributed by atoms with E-state index in [9.17, 15) is 9.90 Å². The Labute approximate surface area is 132 Å². The lowest BCUT2D eigenvalue weighted by molar-refractivity contribution is 0.0251. The molecule has 22 heavy (non-hydrogen) atoms. The Bertz CT molecular complexity index is 551. The van der Waals surface area contributed by atoms with Crippen molar-refractivity contribution < 1.29 is 14.6 Å². The number of aliphatic hydroxyl groups is 1. The van der Waals surface area contributed by atoms with Crippen LogP contribution in [0.15, 0.2) is 18.2 Å². The summed E-state index contributed by atoms with van der Waals surface area (Å²) in [6.07, 6.45) is 4.87. The van der Waals surface area contributed by atoms with Crippen LogP contribution >= 0.6 is 0 Å². The molecule has 2 aliphatic rings. The van der Waals surface area contributed by atoms with Gasteiger partial charge >= 0.3 is 0 Å². The molecule has 2 aliphatic heterocycles. The normalized spacial score (nSPS) is 24.5. The fraction of sp³-hybridized carbons (Fsp3) is 0.611. The molecule has 4 heteroatoms. The van der Waals surface area contributed by atoms with E-state index in [0.29, 0.717) is 6.54 Å². The lowest BCUT2D eigenvalue weighted by Crippen LogP contribution is -2.47. The van der Waals surface area contributed by atoms with Crippen LogP contribution in [0.1, 0.15) is 48.5 Å². The molecule has 120 valence electrons. The minimum absolute atomic E-state index is 0.0827. The summed E-state index contributed by atoms with van der Waals surface area (Å²) in [6, 6.07) is 5.77. The second kappa shape index (κ2) is 6.29. The molecule has 1 saturated heterocycles. The van der Waals surface area contributed by atoms with Crippen LogP contribution in [0.4, 0.5) is 0 Å². The zero-order chi connectivity index (χ0) is 15.6. The van der Waals surface area contributed by atoms with Crippen molar-refractivity contribution in [2.45, 2.75) is 39.0 Å². The third kappa shape index (κ3) is 2.84. The molecule has 1 unspecified atom stereocenters. The fourth-order valence-electron chi connectivity index (χ4n) is 3.59. The molecule has 1 atom stereocenters. The molecule has 1 amide bonds. The molecule has 0 aliphatic carbocycles. The number of aryl methyl sites for hydroxylation is 1. The summed E-state index contributed by atoms with van der Waals surface area (Å²) in [5, 5.41) is 9.72. The largest absolute Gasteiger partial charge is 0.493 e. The summed E-state index contributed by atoms with van der Waals surface area (Å²) < 4.78 is 5.61. The smallest absolute Gasteiger partial charge is 0.253 e. The summed E-state index contributed by atoms with van der Waals surface area (Å²) in [7, 11) is 0. The lowest BCUT2D eigenvalue weighted by Gasteiger charge is -2.41. The molecule has 3 rings (SSSR count). The summed E-state index contributed by atoms with van der Waals surface area (Å²) in [6.45, 7) is 4.47. The summed E-state index contributed by atoms with van der Waals surface area (Å²) in [5.41, 5.74) is 1.76. The van der Waals surface area contributed by atoms with E-state index in [1.165, 1.54) is 0 Å². The van der Waals surface area contributed by atoms with Gasteiger partial charge in [-0.05, 0) is 55.9 Å². The molecule has 4 nitrogen and oxygen atoms in total. The molecular formula is C18H25NO3. The first kappa shape index (κ1) is 15.3. The maximum absolute atomic E-state index is 12.8. The Kier molecular flexibility index (Phi) is 4.39. The lowest BCUT2D eigenvalue weighted by atomic mass is 9.78. The van der Waals surface area contributed by atoms with E-state index in [1.807, 2.05) is 23.1 Å². The monoisotopic (exact) mass is 303 g/mol. The average Bonchev–Trinajstić information content (AvgIpc) is 2.60. The third-order valence-corrected chi connectivity index (χ3v) is 5.19. The first-order valence-corrected chi connectivity index (χ1v) is 8.33. The minimum Gasteiger partial charge on any atom is -0.493 e. The van der Waals surface area contributed by atoms with Gasteiger partial charge < -0.3 is 14.7 Å². The Balaban J connectivity index is 1.78. The van der Waals surface area contributed by atoms with Crippen molar-refractivity contribution in [2.75, 3.05) is 26.3 Å². The van der Waals surface area contributed by atoms with Gasteiger partial charge in [-0.2, -0.15) is 0 Å². The Morgan fingerprint density at radius 2 is 2.27 bits per heavy atom. The number of rotatable bonds is 3. The van der Waals surface area contributed by atoms with Gasteiger partial charge in [0.25, 0.3) is 5.91 Å². The van der Waals surface area contributed by atoms with Crippen molar-refractivity contribution in [1.29, 1.82) is 0 Å². The molecule has 1 N–H and O–H groups in total. The number of ether oxygens (including phenoxy) is 1. The van der Waals surface area contributed by atoms with Crippen molar-refractivity contribution in [1.82, 2.24) is 4.90 Å². The second-order valence-electron chi connectivity index (χ2n) is 6.62. The summed E-state index contributed by atoms with van der Waals surface area (Å²) in [4.78, 5) is 14.7. The van der Waals surface area contributed by atoms with Crippen LogP contribution in [0.3, 0.4) is 0 Å². The predicted octanol–water partition coefficient (Wildman–Crippen LogP) is 2.64. The van der Waals surface area contributed by atoms with Crippen molar-refractivity contribution in [3.05, 3.63) is 29.3 Å². The third-order valence-electron chi connectivity index (χ3n) is 5.19. The van der Waals surface area contributed by atoms with Crippen molar-refractivity contribution in [3.8, 4) is 5.75 Å². The van der Waals surface area contributed by atoms with Crippen molar-refractivity contribution in [2.24, 2.45) is 5.41 Å². The Hall–Kier alpha value is -1.55. The van der Waals surface area contributed by atoms with Gasteiger partial charge in [0.2, 0.25) is 0 Å². The van der Waals surface area contributed by atoms with Gasteiger partial charge in [0.15, 0.2) is 0 Å². The number of hydrogen-bond donors (Lipinski definition) is 1. The van der Waals surface area contributed by atoms with E-state index in [4.69, 9.17) is 4.74 Å². The molecule has 0 spiro atoms. The molecule has 0 saturated carbocycles. The fourth-order valence-corrected chi connectivity index (χ4v) is 3.59. The van der Waals surface area contributed by atoms with Gasteiger partial charge in [-0.1, -0.05) is 6.92 Å². The summed E-state index contributed by atoms with van der Waals surface area (Å²) in [5.74, 6) is 0.999. The number of carbonyl (C=O) groups excluding carboxylic acids is 1. The van der Waals surface area contributed by atoms with Crippen LogP contribution in [-0.4, -0.2) is 42.2 Å². The first-order chi connectivity index (χ1) is 10.7. The van der Waals surface area contributed by atoms with Crippen molar-refractivity contribution in [3.63, 3.8) is 0 Å². The topological polar surface area (TPSA) is 49.8 Å². The first-order valence-electron chi connectivity index (χ1n) is 8.33. The van der Waals surface area contributed by atoms with Crippen LogP contribution in [0.25, 0.3) is 0 Å². The van der Waals surface area contributed by atoms with Gasteiger partial charge in [-0.3, -0.25) is 4.79 Å². The molecule has 1 aromatic carbocycles. The quantitative estimate of drug-likeness (QED) is 0.934. The van der Waals surface area contributed by atoms with Gasteiger partial charge in [0.05, 0.1) is 13.2 Å². The number of benzene rings is 1. The number of nitrogens with zero attached hydrogens (tertiary/aromatic N) is 1. The molecule has 0 aromatic heterocycles. The highest BCUT2D eigenvalue weighted by Gasteiger charge is 2.35. The van der Waals surface area contributed by atoms with Crippen LogP contribution in [0.5, 0.6) is 5.75 Å². The zero-order valence-electron chi connectivity index (χ0n) is 13.3.